The van der Waals surface area contributed by atoms with Crippen molar-refractivity contribution in [3.05, 3.63) is 28.9 Å². The third-order valence-corrected chi connectivity index (χ3v) is 6.16. The van der Waals surface area contributed by atoms with Crippen LogP contribution in [-0.4, -0.2) is 38.2 Å². The van der Waals surface area contributed by atoms with E-state index in [0.29, 0.717) is 41.6 Å². The number of unbranched alkanes of at least 4 members (excludes halogenated alkanes) is 6. The summed E-state index contributed by atoms with van der Waals surface area (Å²) in [5.74, 6) is 7.90. The molecule has 0 amide bonds. The van der Waals surface area contributed by atoms with Crippen molar-refractivity contribution in [3.8, 4) is 23.4 Å². The number of aromatic nitrogens is 4. The van der Waals surface area contributed by atoms with E-state index in [0.717, 1.165) is 18.6 Å². The highest BCUT2D eigenvalue weighted by Crippen LogP contribution is 2.36. The number of nitrogens with zero attached hydrogens (tertiary/aromatic N) is 4. The maximum Gasteiger partial charge on any atom is 0.303 e. The van der Waals surface area contributed by atoms with E-state index in [4.69, 9.17) is 25.5 Å². The SMILES string of the molecule is CCCCCCCCC#Cc1nc(Cl)c2nc(-c3ccc(C)o3)n([C@@H]3OCC[C@H]3OC(C)=O)c2n1. The zero-order chi connectivity index (χ0) is 24.8. The number of fused-ring (bicyclic) bond motifs is 1. The minimum atomic E-state index is -0.626. The summed E-state index contributed by atoms with van der Waals surface area (Å²) in [5.41, 5.74) is 0.872. The molecule has 1 saturated heterocycles. The average molecular weight is 499 g/mol. The smallest absolute Gasteiger partial charge is 0.303 e. The molecule has 0 unspecified atom stereocenters. The molecule has 0 bridgehead atoms. The first-order valence-electron chi connectivity index (χ1n) is 12.3. The maximum atomic E-state index is 11.7. The van der Waals surface area contributed by atoms with Crippen molar-refractivity contribution in [3.63, 3.8) is 0 Å². The molecule has 186 valence electrons. The highest BCUT2D eigenvalue weighted by atomic mass is 35.5. The second-order valence-electron chi connectivity index (χ2n) is 8.74. The molecule has 4 heterocycles. The number of imidazole rings is 1. The third-order valence-electron chi connectivity index (χ3n) is 5.89. The number of halogens is 1. The summed E-state index contributed by atoms with van der Waals surface area (Å²) in [5, 5.41) is 0.198. The zero-order valence-corrected chi connectivity index (χ0v) is 21.2. The van der Waals surface area contributed by atoms with E-state index >= 15 is 0 Å². The van der Waals surface area contributed by atoms with Crippen LogP contribution in [0.2, 0.25) is 5.15 Å². The summed E-state index contributed by atoms with van der Waals surface area (Å²) in [6, 6.07) is 3.68. The zero-order valence-electron chi connectivity index (χ0n) is 20.5. The topological polar surface area (TPSA) is 92.3 Å². The molecule has 0 spiro atoms. The standard InChI is InChI=1S/C26H31ClN4O4/c1-4-5-6-7-8-9-10-11-12-21-28-23(27)22-25(29-21)31(24(30-22)19-14-13-17(2)34-19)26-20(15-16-33-26)35-18(3)32/h13-14,20,26H,4-10,15-16H2,1-3H3/t20-,26-/m1/s1. The van der Waals surface area contributed by atoms with Gasteiger partial charge >= 0.3 is 5.97 Å². The molecule has 2 atom stereocenters. The first kappa shape index (κ1) is 25.2. The van der Waals surface area contributed by atoms with Crippen molar-refractivity contribution in [2.45, 2.75) is 84.5 Å². The van der Waals surface area contributed by atoms with Crippen LogP contribution in [0, 0.1) is 18.8 Å². The van der Waals surface area contributed by atoms with Crippen LogP contribution >= 0.6 is 11.6 Å². The van der Waals surface area contributed by atoms with Gasteiger partial charge in [0.05, 0.1) is 6.61 Å². The summed E-state index contributed by atoms with van der Waals surface area (Å²) in [6.45, 7) is 5.89. The highest BCUT2D eigenvalue weighted by molar-refractivity contribution is 6.33. The van der Waals surface area contributed by atoms with Crippen LogP contribution in [0.1, 0.15) is 83.0 Å². The van der Waals surface area contributed by atoms with Crippen LogP contribution in [-0.2, 0) is 14.3 Å². The first-order chi connectivity index (χ1) is 17.0. The summed E-state index contributed by atoms with van der Waals surface area (Å²) in [4.78, 5) is 25.4. The number of ether oxygens (including phenoxy) is 2. The van der Waals surface area contributed by atoms with Crippen molar-refractivity contribution < 1.29 is 18.7 Å². The third kappa shape index (κ3) is 6.03. The minimum Gasteiger partial charge on any atom is -0.458 e. The van der Waals surface area contributed by atoms with E-state index in [1.807, 2.05) is 19.1 Å². The second-order valence-corrected chi connectivity index (χ2v) is 9.10. The largest absolute Gasteiger partial charge is 0.458 e. The van der Waals surface area contributed by atoms with Crippen molar-refractivity contribution in [1.82, 2.24) is 19.5 Å². The summed E-state index contributed by atoms with van der Waals surface area (Å²) >= 11 is 6.53. The van der Waals surface area contributed by atoms with Gasteiger partial charge in [0.2, 0.25) is 5.82 Å². The lowest BCUT2D eigenvalue weighted by atomic mass is 10.1. The number of rotatable bonds is 9. The molecule has 1 fully saturated rings. The lowest BCUT2D eigenvalue weighted by Crippen LogP contribution is -2.25. The number of furan rings is 1. The Morgan fingerprint density at radius 2 is 2.00 bits per heavy atom. The Kier molecular flexibility index (Phi) is 8.42. The van der Waals surface area contributed by atoms with Crippen molar-refractivity contribution in [2.24, 2.45) is 0 Å². The molecule has 1 aliphatic rings. The normalized spacial score (nSPS) is 17.5. The molecule has 0 saturated carbocycles. The van der Waals surface area contributed by atoms with E-state index in [1.54, 1.807) is 4.57 Å². The lowest BCUT2D eigenvalue weighted by Gasteiger charge is -2.21. The van der Waals surface area contributed by atoms with Gasteiger partial charge in [0.1, 0.15) is 17.4 Å². The van der Waals surface area contributed by atoms with Gasteiger partial charge in [-0.15, -0.1) is 0 Å². The second kappa shape index (κ2) is 11.7. The fourth-order valence-electron chi connectivity index (χ4n) is 4.23. The predicted molar refractivity (Wildman–Crippen MR) is 133 cm³/mol. The van der Waals surface area contributed by atoms with E-state index in [2.05, 4.69) is 33.7 Å². The summed E-state index contributed by atoms with van der Waals surface area (Å²) in [6.07, 6.45) is 7.49. The van der Waals surface area contributed by atoms with Gasteiger partial charge in [-0.3, -0.25) is 9.36 Å². The molecule has 3 aromatic heterocycles. The average Bonchev–Trinajstić information content (AvgIpc) is 3.53. The van der Waals surface area contributed by atoms with Crippen molar-refractivity contribution in [2.75, 3.05) is 6.61 Å². The van der Waals surface area contributed by atoms with Gasteiger partial charge in [-0.1, -0.05) is 56.5 Å². The monoisotopic (exact) mass is 498 g/mol. The van der Waals surface area contributed by atoms with E-state index in [1.165, 1.54) is 39.0 Å². The number of hydrogen-bond donors (Lipinski definition) is 0. The Hall–Kier alpha value is -2.89. The highest BCUT2D eigenvalue weighted by Gasteiger charge is 2.37. The predicted octanol–water partition coefficient (Wildman–Crippen LogP) is 6.00. The van der Waals surface area contributed by atoms with Crippen molar-refractivity contribution in [1.29, 1.82) is 0 Å². The molecule has 9 heteroatoms. The van der Waals surface area contributed by atoms with Crippen LogP contribution in [0.3, 0.4) is 0 Å². The lowest BCUT2D eigenvalue weighted by molar-refractivity contribution is -0.151. The van der Waals surface area contributed by atoms with Crippen LogP contribution < -0.4 is 0 Å². The minimum absolute atomic E-state index is 0.198. The molecule has 8 nitrogen and oxygen atoms in total. The maximum absolute atomic E-state index is 11.7. The molecule has 35 heavy (non-hydrogen) atoms. The van der Waals surface area contributed by atoms with E-state index < -0.39 is 12.3 Å². The van der Waals surface area contributed by atoms with Gasteiger partial charge in [0.15, 0.2) is 28.6 Å². The Balaban J connectivity index is 1.67. The van der Waals surface area contributed by atoms with Crippen LogP contribution in [0.25, 0.3) is 22.7 Å². The molecule has 0 aromatic carbocycles. The van der Waals surface area contributed by atoms with Crippen LogP contribution in [0.4, 0.5) is 0 Å². The Morgan fingerprint density at radius 1 is 1.20 bits per heavy atom. The molecule has 4 rings (SSSR count). The van der Waals surface area contributed by atoms with Crippen LogP contribution in [0.15, 0.2) is 16.5 Å². The molecular formula is C26H31ClN4O4. The van der Waals surface area contributed by atoms with E-state index in [9.17, 15) is 4.79 Å². The van der Waals surface area contributed by atoms with Gasteiger partial charge in [0, 0.05) is 19.8 Å². The molecule has 0 aliphatic carbocycles. The molecule has 3 aromatic rings. The van der Waals surface area contributed by atoms with Crippen molar-refractivity contribution >= 4 is 28.7 Å². The Bertz CT molecular complexity index is 1240. The quantitative estimate of drug-likeness (QED) is 0.154. The molecule has 0 N–H and O–H groups in total. The summed E-state index contributed by atoms with van der Waals surface area (Å²) < 4.78 is 19.1. The van der Waals surface area contributed by atoms with Gasteiger partial charge in [0.25, 0.3) is 0 Å². The van der Waals surface area contributed by atoms with Gasteiger partial charge in [-0.25, -0.2) is 15.0 Å². The molecule has 1 aliphatic heterocycles. The molecular weight excluding hydrogens is 468 g/mol. The number of aryl methyl sites for hydroxylation is 1. The van der Waals surface area contributed by atoms with Gasteiger partial charge in [-0.05, 0) is 31.4 Å². The Labute approximate surface area is 210 Å². The van der Waals surface area contributed by atoms with Gasteiger partial charge < -0.3 is 13.9 Å². The Morgan fingerprint density at radius 3 is 2.74 bits per heavy atom. The number of hydrogen-bond acceptors (Lipinski definition) is 7. The van der Waals surface area contributed by atoms with Gasteiger partial charge in [-0.2, -0.15) is 0 Å². The summed E-state index contributed by atoms with van der Waals surface area (Å²) in [7, 11) is 0. The number of carbonyl (C=O) groups excluding carboxylic acids is 1. The number of carbonyl (C=O) groups is 1. The fourth-order valence-corrected chi connectivity index (χ4v) is 4.43. The fraction of sp³-hybridized carbons (Fsp3) is 0.538. The van der Waals surface area contributed by atoms with Crippen LogP contribution in [0.5, 0.6) is 0 Å². The van der Waals surface area contributed by atoms with E-state index in [-0.39, 0.29) is 11.1 Å². The number of esters is 1. The molecule has 0 radical (unpaired) electrons. The first-order valence-corrected chi connectivity index (χ1v) is 12.7.